The molecule has 3 heteroatoms. The second kappa shape index (κ2) is 5.89. The summed E-state index contributed by atoms with van der Waals surface area (Å²) in [5, 5.41) is 0. The van der Waals surface area contributed by atoms with Crippen molar-refractivity contribution in [3.63, 3.8) is 0 Å². The second-order valence-electron chi connectivity index (χ2n) is 3.53. The van der Waals surface area contributed by atoms with Crippen LogP contribution in [0.4, 0.5) is 0 Å². The number of nitrogens with two attached hydrogens (primary N) is 1. The minimum absolute atomic E-state index is 0. The van der Waals surface area contributed by atoms with Crippen LogP contribution in [0, 0.1) is 0 Å². The van der Waals surface area contributed by atoms with Gasteiger partial charge < -0.3 is 10.5 Å². The van der Waals surface area contributed by atoms with E-state index in [0.717, 1.165) is 11.3 Å². The Kier molecular flexibility index (Phi) is 5.58. The molecule has 1 rings (SSSR count). The second-order valence-corrected chi connectivity index (χ2v) is 3.53. The van der Waals surface area contributed by atoms with Crippen molar-refractivity contribution in [1.82, 2.24) is 0 Å². The van der Waals surface area contributed by atoms with Gasteiger partial charge in [0.25, 0.3) is 0 Å². The third-order valence-electron chi connectivity index (χ3n) is 1.76. The zero-order valence-corrected chi connectivity index (χ0v) is 9.67. The average Bonchev–Trinajstić information content (AvgIpc) is 2.03. The van der Waals surface area contributed by atoms with Crippen molar-refractivity contribution in [2.45, 2.75) is 32.9 Å². The van der Waals surface area contributed by atoms with Crippen molar-refractivity contribution in [2.24, 2.45) is 5.73 Å². The predicted octanol–water partition coefficient (Wildman–Crippen LogP) is 2.92. The molecule has 0 bridgehead atoms. The minimum atomic E-state index is 0. The number of hydrogen-bond acceptors (Lipinski definition) is 2. The number of rotatable bonds is 3. The topological polar surface area (TPSA) is 35.2 Å². The molecule has 0 saturated carbocycles. The van der Waals surface area contributed by atoms with Crippen molar-refractivity contribution in [1.29, 1.82) is 0 Å². The molecule has 14 heavy (non-hydrogen) atoms. The van der Waals surface area contributed by atoms with Gasteiger partial charge in [-0.1, -0.05) is 12.1 Å². The molecule has 0 aliphatic rings. The van der Waals surface area contributed by atoms with Crippen LogP contribution in [0.2, 0.25) is 0 Å². The number of ether oxygens (including phenoxy) is 1. The molecule has 0 fully saturated rings. The summed E-state index contributed by atoms with van der Waals surface area (Å²) in [6, 6.07) is 7.99. The predicted molar refractivity (Wildman–Crippen MR) is 62.1 cm³/mol. The zero-order valence-electron chi connectivity index (χ0n) is 8.86. The van der Waals surface area contributed by atoms with Crippen LogP contribution in [0.3, 0.4) is 0 Å². The molecule has 0 aromatic heterocycles. The molecule has 0 radical (unpaired) electrons. The molecule has 0 amide bonds. The third kappa shape index (κ3) is 3.99. The SMILES string of the molecule is CC(C)Oc1cccc([C@@H](C)N)c1.Cl. The Morgan fingerprint density at radius 1 is 1.21 bits per heavy atom. The summed E-state index contributed by atoms with van der Waals surface area (Å²) in [4.78, 5) is 0. The number of benzene rings is 1. The van der Waals surface area contributed by atoms with Crippen molar-refractivity contribution in [3.8, 4) is 5.75 Å². The Morgan fingerprint density at radius 3 is 2.36 bits per heavy atom. The molecular weight excluding hydrogens is 198 g/mol. The van der Waals surface area contributed by atoms with E-state index in [1.807, 2.05) is 45.0 Å². The van der Waals surface area contributed by atoms with Gasteiger partial charge >= 0.3 is 0 Å². The van der Waals surface area contributed by atoms with Crippen LogP contribution < -0.4 is 10.5 Å². The van der Waals surface area contributed by atoms with Crippen molar-refractivity contribution in [3.05, 3.63) is 29.8 Å². The standard InChI is InChI=1S/C11H17NO.ClH/c1-8(2)13-11-6-4-5-10(7-11)9(3)12;/h4-9H,12H2,1-3H3;1H/t9-;/m1./s1. The Hall–Kier alpha value is -0.730. The van der Waals surface area contributed by atoms with Gasteiger partial charge in [0.05, 0.1) is 6.10 Å². The zero-order chi connectivity index (χ0) is 9.84. The summed E-state index contributed by atoms with van der Waals surface area (Å²) in [6.45, 7) is 5.99. The molecule has 1 aromatic rings. The van der Waals surface area contributed by atoms with E-state index in [0.29, 0.717) is 0 Å². The highest BCUT2D eigenvalue weighted by Crippen LogP contribution is 2.18. The van der Waals surface area contributed by atoms with Crippen LogP contribution in [-0.4, -0.2) is 6.10 Å². The van der Waals surface area contributed by atoms with Gasteiger partial charge in [-0.3, -0.25) is 0 Å². The Labute approximate surface area is 91.9 Å². The van der Waals surface area contributed by atoms with E-state index in [2.05, 4.69) is 0 Å². The van der Waals surface area contributed by atoms with Crippen molar-refractivity contribution < 1.29 is 4.74 Å². The van der Waals surface area contributed by atoms with Gasteiger partial charge in [0.15, 0.2) is 0 Å². The molecule has 80 valence electrons. The maximum Gasteiger partial charge on any atom is 0.120 e. The van der Waals surface area contributed by atoms with E-state index in [9.17, 15) is 0 Å². The maximum atomic E-state index is 5.76. The van der Waals surface area contributed by atoms with Crippen LogP contribution >= 0.6 is 12.4 Å². The van der Waals surface area contributed by atoms with Gasteiger partial charge in [-0.25, -0.2) is 0 Å². The molecule has 1 aromatic carbocycles. The first-order valence-electron chi connectivity index (χ1n) is 4.62. The lowest BCUT2D eigenvalue weighted by Gasteiger charge is -2.12. The summed E-state index contributed by atoms with van der Waals surface area (Å²) in [7, 11) is 0. The van der Waals surface area contributed by atoms with Gasteiger partial charge in [0, 0.05) is 6.04 Å². The molecule has 2 nitrogen and oxygen atoms in total. The van der Waals surface area contributed by atoms with E-state index in [4.69, 9.17) is 10.5 Å². The maximum absolute atomic E-state index is 5.76. The minimum Gasteiger partial charge on any atom is -0.491 e. The summed E-state index contributed by atoms with van der Waals surface area (Å²) in [6.07, 6.45) is 0.211. The summed E-state index contributed by atoms with van der Waals surface area (Å²) in [5.41, 5.74) is 6.87. The molecule has 0 saturated heterocycles. The molecule has 0 aliphatic carbocycles. The van der Waals surface area contributed by atoms with Crippen molar-refractivity contribution in [2.75, 3.05) is 0 Å². The van der Waals surface area contributed by atoms with Crippen LogP contribution in [-0.2, 0) is 0 Å². The average molecular weight is 216 g/mol. The smallest absolute Gasteiger partial charge is 0.120 e. The first-order chi connectivity index (χ1) is 6.09. The highest BCUT2D eigenvalue weighted by Gasteiger charge is 2.01. The number of halogens is 1. The van der Waals surface area contributed by atoms with Gasteiger partial charge in [0.2, 0.25) is 0 Å². The Bertz CT molecular complexity index is 274. The fourth-order valence-electron chi connectivity index (χ4n) is 1.14. The molecule has 0 unspecified atom stereocenters. The molecule has 0 spiro atoms. The number of hydrogen-bond donors (Lipinski definition) is 1. The molecular formula is C11H18ClNO. The molecule has 0 heterocycles. The molecule has 2 N–H and O–H groups in total. The lowest BCUT2D eigenvalue weighted by Crippen LogP contribution is -2.08. The van der Waals surface area contributed by atoms with Crippen LogP contribution in [0.1, 0.15) is 32.4 Å². The normalized spacial score (nSPS) is 12.1. The van der Waals surface area contributed by atoms with E-state index in [1.165, 1.54) is 0 Å². The fraction of sp³-hybridized carbons (Fsp3) is 0.455. The van der Waals surface area contributed by atoms with Gasteiger partial charge in [-0.15, -0.1) is 12.4 Å². The van der Waals surface area contributed by atoms with Crippen LogP contribution in [0.5, 0.6) is 5.75 Å². The first kappa shape index (κ1) is 13.3. The Morgan fingerprint density at radius 2 is 1.86 bits per heavy atom. The Balaban J connectivity index is 0.00000169. The van der Waals surface area contributed by atoms with Gasteiger partial charge in [-0.05, 0) is 38.5 Å². The lowest BCUT2D eigenvalue weighted by atomic mass is 10.1. The molecule has 0 aliphatic heterocycles. The molecule has 1 atom stereocenters. The summed E-state index contributed by atoms with van der Waals surface area (Å²) >= 11 is 0. The van der Waals surface area contributed by atoms with Crippen LogP contribution in [0.25, 0.3) is 0 Å². The monoisotopic (exact) mass is 215 g/mol. The van der Waals surface area contributed by atoms with Crippen molar-refractivity contribution >= 4 is 12.4 Å². The van der Waals surface area contributed by atoms with E-state index in [1.54, 1.807) is 0 Å². The highest BCUT2D eigenvalue weighted by molar-refractivity contribution is 5.85. The van der Waals surface area contributed by atoms with E-state index >= 15 is 0 Å². The highest BCUT2D eigenvalue weighted by atomic mass is 35.5. The summed E-state index contributed by atoms with van der Waals surface area (Å²) in [5.74, 6) is 0.893. The lowest BCUT2D eigenvalue weighted by molar-refractivity contribution is 0.242. The van der Waals surface area contributed by atoms with E-state index in [-0.39, 0.29) is 24.6 Å². The first-order valence-corrected chi connectivity index (χ1v) is 4.62. The fourth-order valence-corrected chi connectivity index (χ4v) is 1.14. The van der Waals surface area contributed by atoms with Crippen LogP contribution in [0.15, 0.2) is 24.3 Å². The quantitative estimate of drug-likeness (QED) is 0.842. The van der Waals surface area contributed by atoms with E-state index < -0.39 is 0 Å². The largest absolute Gasteiger partial charge is 0.491 e. The van der Waals surface area contributed by atoms with Gasteiger partial charge in [0.1, 0.15) is 5.75 Å². The van der Waals surface area contributed by atoms with Gasteiger partial charge in [-0.2, -0.15) is 0 Å². The summed E-state index contributed by atoms with van der Waals surface area (Å²) < 4.78 is 5.55. The third-order valence-corrected chi connectivity index (χ3v) is 1.76.